The number of rotatable bonds is 7. The zero-order chi connectivity index (χ0) is 18.9. The van der Waals surface area contributed by atoms with Gasteiger partial charge in [0.05, 0.1) is 0 Å². The Labute approximate surface area is 156 Å². The normalized spacial score (nSPS) is 10.7. The molecule has 0 heterocycles. The molecule has 0 atom stereocenters. The summed E-state index contributed by atoms with van der Waals surface area (Å²) in [5, 5.41) is 24.7. The summed E-state index contributed by atoms with van der Waals surface area (Å²) in [6, 6.07) is 10.8. The Hall–Kier alpha value is -2.99. The summed E-state index contributed by atoms with van der Waals surface area (Å²) >= 11 is 5.84. The molecule has 2 rings (SSSR count). The summed E-state index contributed by atoms with van der Waals surface area (Å²) in [4.78, 5) is 23.6. The van der Waals surface area contributed by atoms with Crippen molar-refractivity contribution in [2.24, 2.45) is 0 Å². The van der Waals surface area contributed by atoms with Crippen molar-refractivity contribution >= 4 is 29.5 Å². The van der Waals surface area contributed by atoms with Crippen LogP contribution in [0.5, 0.6) is 11.5 Å². The van der Waals surface area contributed by atoms with Crippen LogP contribution in [-0.4, -0.2) is 35.1 Å². The zero-order valence-corrected chi connectivity index (χ0v) is 14.7. The molecule has 7 heteroatoms. The Morgan fingerprint density at radius 3 is 2.54 bits per heavy atom. The molecule has 0 bridgehead atoms. The number of carbonyl (C=O) groups is 2. The van der Waals surface area contributed by atoms with Gasteiger partial charge in [0.25, 0.3) is 5.91 Å². The van der Waals surface area contributed by atoms with Crippen molar-refractivity contribution in [2.45, 2.75) is 6.42 Å². The molecular weight excluding hydrogens is 356 g/mol. The first-order valence-corrected chi connectivity index (χ1v) is 8.35. The minimum atomic E-state index is -0.321. The lowest BCUT2D eigenvalue weighted by Crippen LogP contribution is -2.29. The lowest BCUT2D eigenvalue weighted by molar-refractivity contribution is -0.116. The van der Waals surface area contributed by atoms with Gasteiger partial charge < -0.3 is 20.8 Å². The molecule has 0 fully saturated rings. The molecule has 0 aliphatic carbocycles. The van der Waals surface area contributed by atoms with Crippen molar-refractivity contribution in [2.75, 3.05) is 13.1 Å². The lowest BCUT2D eigenvalue weighted by atomic mass is 10.2. The van der Waals surface area contributed by atoms with Crippen LogP contribution < -0.4 is 10.6 Å². The molecule has 2 aromatic rings. The monoisotopic (exact) mass is 374 g/mol. The second-order valence-electron chi connectivity index (χ2n) is 5.49. The van der Waals surface area contributed by atoms with E-state index in [1.54, 1.807) is 24.3 Å². The fourth-order valence-electron chi connectivity index (χ4n) is 2.13. The summed E-state index contributed by atoms with van der Waals surface area (Å²) < 4.78 is 0. The first kappa shape index (κ1) is 19.3. The third kappa shape index (κ3) is 6.14. The smallest absolute Gasteiger partial charge is 0.251 e. The molecule has 0 saturated carbocycles. The van der Waals surface area contributed by atoms with Gasteiger partial charge in [-0.15, -0.1) is 0 Å². The number of halogens is 1. The molecule has 136 valence electrons. The Bertz CT molecular complexity index is 821. The van der Waals surface area contributed by atoms with E-state index in [2.05, 4.69) is 10.6 Å². The van der Waals surface area contributed by atoms with Crippen LogP contribution in [0.1, 0.15) is 22.3 Å². The van der Waals surface area contributed by atoms with Crippen LogP contribution in [-0.2, 0) is 4.79 Å². The van der Waals surface area contributed by atoms with Crippen molar-refractivity contribution in [3.63, 3.8) is 0 Å². The fraction of sp³-hybridized carbons (Fsp3) is 0.158. The molecule has 0 aliphatic rings. The van der Waals surface area contributed by atoms with Crippen molar-refractivity contribution in [1.82, 2.24) is 10.6 Å². The summed E-state index contributed by atoms with van der Waals surface area (Å²) in [7, 11) is 0. The van der Waals surface area contributed by atoms with Gasteiger partial charge in [0, 0.05) is 41.4 Å². The van der Waals surface area contributed by atoms with Crippen LogP contribution in [0.2, 0.25) is 5.02 Å². The van der Waals surface area contributed by atoms with Gasteiger partial charge in [-0.1, -0.05) is 17.7 Å². The highest BCUT2D eigenvalue weighted by Gasteiger charge is 2.05. The predicted octanol–water partition coefficient (Wildman–Crippen LogP) is 2.70. The number of nitrogens with one attached hydrogen (secondary N) is 2. The molecule has 2 amide bonds. The lowest BCUT2D eigenvalue weighted by Gasteiger charge is -2.06. The Kier molecular flexibility index (Phi) is 7.05. The molecule has 0 aliphatic heterocycles. The van der Waals surface area contributed by atoms with Gasteiger partial charge in [-0.05, 0) is 42.8 Å². The number of benzene rings is 2. The second kappa shape index (κ2) is 9.48. The maximum atomic E-state index is 11.9. The van der Waals surface area contributed by atoms with Gasteiger partial charge >= 0.3 is 0 Å². The van der Waals surface area contributed by atoms with Crippen molar-refractivity contribution in [3.05, 3.63) is 64.7 Å². The number of carbonyl (C=O) groups excluding carboxylic acids is 2. The van der Waals surface area contributed by atoms with E-state index >= 15 is 0 Å². The minimum Gasteiger partial charge on any atom is -0.508 e. The predicted molar refractivity (Wildman–Crippen MR) is 100 cm³/mol. The van der Waals surface area contributed by atoms with Crippen LogP contribution in [0.3, 0.4) is 0 Å². The summed E-state index contributed by atoms with van der Waals surface area (Å²) in [5.74, 6) is -0.707. The Balaban J connectivity index is 1.68. The minimum absolute atomic E-state index is 0.0519. The zero-order valence-electron chi connectivity index (χ0n) is 13.9. The van der Waals surface area contributed by atoms with E-state index in [-0.39, 0.29) is 23.3 Å². The largest absolute Gasteiger partial charge is 0.508 e. The molecule has 26 heavy (non-hydrogen) atoms. The van der Waals surface area contributed by atoms with Crippen molar-refractivity contribution in [1.29, 1.82) is 0 Å². The molecule has 0 radical (unpaired) electrons. The van der Waals surface area contributed by atoms with Gasteiger partial charge in [0.2, 0.25) is 5.91 Å². The van der Waals surface area contributed by atoms with Crippen molar-refractivity contribution < 1.29 is 19.8 Å². The van der Waals surface area contributed by atoms with Gasteiger partial charge in [0.15, 0.2) is 0 Å². The SMILES string of the molecule is O=C(/C=C/c1ccc(O)cc1O)NCCCNC(=O)c1cccc(Cl)c1. The van der Waals surface area contributed by atoms with Crippen LogP contribution in [0.15, 0.2) is 48.5 Å². The number of amides is 2. The molecule has 0 spiro atoms. The topological polar surface area (TPSA) is 98.7 Å². The molecule has 6 nitrogen and oxygen atoms in total. The van der Waals surface area contributed by atoms with Crippen LogP contribution in [0.4, 0.5) is 0 Å². The van der Waals surface area contributed by atoms with Crippen LogP contribution in [0, 0.1) is 0 Å². The highest BCUT2D eigenvalue weighted by atomic mass is 35.5. The van der Waals surface area contributed by atoms with E-state index < -0.39 is 0 Å². The molecular formula is C19H19ClN2O4. The van der Waals surface area contributed by atoms with E-state index in [1.165, 1.54) is 30.4 Å². The maximum Gasteiger partial charge on any atom is 0.251 e. The number of hydrogen-bond acceptors (Lipinski definition) is 4. The van der Waals surface area contributed by atoms with Gasteiger partial charge in [-0.25, -0.2) is 0 Å². The first-order valence-electron chi connectivity index (χ1n) is 7.97. The van der Waals surface area contributed by atoms with Crippen molar-refractivity contribution in [3.8, 4) is 11.5 Å². The summed E-state index contributed by atoms with van der Waals surface area (Å²) in [6.07, 6.45) is 3.30. The third-order valence-electron chi connectivity index (χ3n) is 3.45. The fourth-order valence-corrected chi connectivity index (χ4v) is 2.32. The average molecular weight is 375 g/mol. The standard InChI is InChI=1S/C19H19ClN2O4/c20-15-4-1-3-14(11-15)19(26)22-10-2-9-21-18(25)8-6-13-5-7-16(23)12-17(13)24/h1,3-8,11-12,23-24H,2,9-10H2,(H,21,25)(H,22,26)/b8-6+. The first-order chi connectivity index (χ1) is 12.5. The van der Waals surface area contributed by atoms with E-state index in [1.807, 2.05) is 0 Å². The molecule has 4 N–H and O–H groups in total. The van der Waals surface area contributed by atoms with Gasteiger partial charge in [-0.2, -0.15) is 0 Å². The summed E-state index contributed by atoms with van der Waals surface area (Å²) in [6.45, 7) is 0.800. The maximum absolute atomic E-state index is 11.9. The summed E-state index contributed by atoms with van der Waals surface area (Å²) in [5.41, 5.74) is 0.907. The third-order valence-corrected chi connectivity index (χ3v) is 3.69. The second-order valence-corrected chi connectivity index (χ2v) is 5.92. The van der Waals surface area contributed by atoms with E-state index in [0.717, 1.165) is 0 Å². The number of hydrogen-bond donors (Lipinski definition) is 4. The molecule has 2 aromatic carbocycles. The van der Waals surface area contributed by atoms with Gasteiger partial charge in [-0.3, -0.25) is 9.59 Å². The Morgan fingerprint density at radius 1 is 1.04 bits per heavy atom. The molecule has 0 saturated heterocycles. The number of aromatic hydroxyl groups is 2. The molecule has 0 aromatic heterocycles. The number of phenolic OH excluding ortho intramolecular Hbond substituents is 2. The Morgan fingerprint density at radius 2 is 1.81 bits per heavy atom. The van der Waals surface area contributed by atoms with Crippen LogP contribution >= 0.6 is 11.6 Å². The average Bonchev–Trinajstić information content (AvgIpc) is 2.60. The molecule has 0 unspecified atom stereocenters. The van der Waals surface area contributed by atoms with Gasteiger partial charge in [0.1, 0.15) is 11.5 Å². The number of phenols is 2. The van der Waals surface area contributed by atoms with Crippen LogP contribution in [0.25, 0.3) is 6.08 Å². The van der Waals surface area contributed by atoms with E-state index in [4.69, 9.17) is 11.6 Å². The highest BCUT2D eigenvalue weighted by Crippen LogP contribution is 2.23. The highest BCUT2D eigenvalue weighted by molar-refractivity contribution is 6.30. The van der Waals surface area contributed by atoms with E-state index in [0.29, 0.717) is 35.7 Å². The van der Waals surface area contributed by atoms with E-state index in [9.17, 15) is 19.8 Å². The quantitative estimate of drug-likeness (QED) is 0.442.